The van der Waals surface area contributed by atoms with Crippen LogP contribution < -0.4 is 5.32 Å². The fourth-order valence-corrected chi connectivity index (χ4v) is 2.69. The third-order valence-electron chi connectivity index (χ3n) is 2.36. The number of nitrogens with one attached hydrogen (secondary N) is 1. The molecule has 0 bridgehead atoms. The van der Waals surface area contributed by atoms with Crippen molar-refractivity contribution in [1.29, 1.82) is 0 Å². The number of rotatable bonds is 6. The fourth-order valence-electron chi connectivity index (χ4n) is 1.26. The van der Waals surface area contributed by atoms with Crippen molar-refractivity contribution in [2.45, 2.75) is 17.9 Å². The van der Waals surface area contributed by atoms with Gasteiger partial charge in [0.25, 0.3) is 0 Å². The lowest BCUT2D eigenvalue weighted by Gasteiger charge is -2.09. The lowest BCUT2D eigenvalue weighted by Crippen LogP contribution is -2.36. The van der Waals surface area contributed by atoms with Gasteiger partial charge in [-0.25, -0.2) is 8.42 Å². The predicted molar refractivity (Wildman–Crippen MR) is 71.3 cm³/mol. The van der Waals surface area contributed by atoms with E-state index in [1.807, 2.05) is 0 Å². The molecule has 2 N–H and O–H groups in total. The van der Waals surface area contributed by atoms with Crippen LogP contribution in [0.5, 0.6) is 0 Å². The summed E-state index contributed by atoms with van der Waals surface area (Å²) in [4.78, 5) is 10.8. The van der Waals surface area contributed by atoms with E-state index in [-0.39, 0.29) is 17.2 Å². The maximum Gasteiger partial charge on any atom is 0.320 e. The maximum absolute atomic E-state index is 11.9. The summed E-state index contributed by atoms with van der Waals surface area (Å²) in [5.41, 5.74) is 0. The molecule has 100 valence electrons. The molecule has 0 heterocycles. The lowest BCUT2D eigenvalue weighted by atomic mass is 10.3. The number of hydrogen-bond acceptors (Lipinski definition) is 4. The van der Waals surface area contributed by atoms with Gasteiger partial charge in [-0.15, -0.1) is 0 Å². The average Bonchev–Trinajstić information content (AvgIpc) is 2.29. The van der Waals surface area contributed by atoms with Gasteiger partial charge < -0.3 is 10.4 Å². The first-order valence-corrected chi connectivity index (χ1v) is 7.72. The van der Waals surface area contributed by atoms with E-state index in [1.54, 1.807) is 12.1 Å². The normalized spacial score (nSPS) is 13.2. The molecule has 0 saturated heterocycles. The Kier molecular flexibility index (Phi) is 5.30. The highest BCUT2D eigenvalue weighted by atomic mass is 79.9. The average molecular weight is 336 g/mol. The molecule has 0 spiro atoms. The van der Waals surface area contributed by atoms with Gasteiger partial charge in [-0.2, -0.15) is 0 Å². The summed E-state index contributed by atoms with van der Waals surface area (Å²) in [6, 6.07) is 5.57. The van der Waals surface area contributed by atoms with E-state index < -0.39 is 21.8 Å². The first kappa shape index (κ1) is 15.1. The number of hydrogen-bond donors (Lipinski definition) is 2. The van der Waals surface area contributed by atoms with Gasteiger partial charge in [0.15, 0.2) is 9.84 Å². The zero-order chi connectivity index (χ0) is 13.8. The Morgan fingerprint density at radius 1 is 1.39 bits per heavy atom. The molecule has 0 fully saturated rings. The highest BCUT2D eigenvalue weighted by Crippen LogP contribution is 2.15. The quantitative estimate of drug-likeness (QED) is 0.818. The third-order valence-corrected chi connectivity index (χ3v) is 4.63. The van der Waals surface area contributed by atoms with E-state index in [2.05, 4.69) is 21.2 Å². The minimum atomic E-state index is -3.37. The van der Waals surface area contributed by atoms with E-state index in [1.165, 1.54) is 19.1 Å². The SMILES string of the molecule is CC(NCCS(=O)(=O)c1ccc(Br)cc1)C(=O)O. The van der Waals surface area contributed by atoms with E-state index in [4.69, 9.17) is 5.11 Å². The fraction of sp³-hybridized carbons (Fsp3) is 0.364. The first-order valence-electron chi connectivity index (χ1n) is 5.27. The van der Waals surface area contributed by atoms with Crippen LogP contribution in [0, 0.1) is 0 Å². The van der Waals surface area contributed by atoms with Crippen LogP contribution in [-0.2, 0) is 14.6 Å². The molecule has 1 atom stereocenters. The van der Waals surface area contributed by atoms with Crippen molar-refractivity contribution in [3.05, 3.63) is 28.7 Å². The number of carboxylic acids is 1. The summed E-state index contributed by atoms with van der Waals surface area (Å²) >= 11 is 3.23. The topological polar surface area (TPSA) is 83.5 Å². The van der Waals surface area contributed by atoms with Crippen molar-refractivity contribution >= 4 is 31.7 Å². The highest BCUT2D eigenvalue weighted by molar-refractivity contribution is 9.10. The van der Waals surface area contributed by atoms with Gasteiger partial charge in [0.1, 0.15) is 6.04 Å². The molecular weight excluding hydrogens is 322 g/mol. The standard InChI is InChI=1S/C11H14BrNO4S/c1-8(11(14)15)13-6-7-18(16,17)10-4-2-9(12)3-5-10/h2-5,8,13H,6-7H2,1H3,(H,14,15). The highest BCUT2D eigenvalue weighted by Gasteiger charge is 2.16. The van der Waals surface area contributed by atoms with Crippen LogP contribution in [0.4, 0.5) is 0 Å². The predicted octanol–water partition coefficient (Wildman–Crippen LogP) is 1.29. The Bertz CT molecular complexity index is 512. The van der Waals surface area contributed by atoms with E-state index in [9.17, 15) is 13.2 Å². The van der Waals surface area contributed by atoms with Crippen LogP contribution in [0.25, 0.3) is 0 Å². The van der Waals surface area contributed by atoms with Gasteiger partial charge in [0, 0.05) is 11.0 Å². The Morgan fingerprint density at radius 2 is 1.94 bits per heavy atom. The molecule has 0 aromatic heterocycles. The first-order chi connectivity index (χ1) is 8.33. The molecule has 1 aromatic rings. The molecule has 5 nitrogen and oxygen atoms in total. The Balaban J connectivity index is 2.60. The zero-order valence-corrected chi connectivity index (χ0v) is 12.2. The number of carboxylic acid groups (broad SMARTS) is 1. The molecule has 0 amide bonds. The second kappa shape index (κ2) is 6.31. The summed E-state index contributed by atoms with van der Waals surface area (Å²) in [5.74, 6) is -1.14. The number of carbonyl (C=O) groups is 1. The van der Waals surface area contributed by atoms with Crippen molar-refractivity contribution in [2.24, 2.45) is 0 Å². The van der Waals surface area contributed by atoms with Crippen LogP contribution >= 0.6 is 15.9 Å². The number of benzene rings is 1. The lowest BCUT2D eigenvalue weighted by molar-refractivity contribution is -0.138. The van der Waals surface area contributed by atoms with Crippen molar-refractivity contribution in [1.82, 2.24) is 5.32 Å². The van der Waals surface area contributed by atoms with Crippen molar-refractivity contribution in [3.8, 4) is 0 Å². The Hall–Kier alpha value is -0.920. The molecule has 7 heteroatoms. The third kappa shape index (κ3) is 4.40. The van der Waals surface area contributed by atoms with E-state index in [0.29, 0.717) is 0 Å². The van der Waals surface area contributed by atoms with Crippen LogP contribution in [0.2, 0.25) is 0 Å². The molecule has 0 radical (unpaired) electrons. The van der Waals surface area contributed by atoms with Crippen LogP contribution in [0.3, 0.4) is 0 Å². The number of halogens is 1. The van der Waals surface area contributed by atoms with Gasteiger partial charge in [0.2, 0.25) is 0 Å². The van der Waals surface area contributed by atoms with Crippen LogP contribution in [-0.4, -0.2) is 37.8 Å². The molecule has 1 unspecified atom stereocenters. The summed E-state index contributed by atoms with van der Waals surface area (Å²) in [6.45, 7) is 1.57. The van der Waals surface area contributed by atoms with Gasteiger partial charge in [-0.3, -0.25) is 4.79 Å². The van der Waals surface area contributed by atoms with Crippen molar-refractivity contribution in [3.63, 3.8) is 0 Å². The number of aliphatic carboxylic acids is 1. The molecular formula is C11H14BrNO4S. The molecule has 0 aliphatic rings. The molecule has 18 heavy (non-hydrogen) atoms. The molecule has 0 saturated carbocycles. The molecule has 0 aliphatic carbocycles. The summed E-state index contributed by atoms with van der Waals surface area (Å²) in [7, 11) is -3.37. The molecule has 1 rings (SSSR count). The monoisotopic (exact) mass is 335 g/mol. The van der Waals surface area contributed by atoms with Crippen LogP contribution in [0.15, 0.2) is 33.6 Å². The minimum absolute atomic E-state index is 0.103. The molecule has 1 aromatic carbocycles. The van der Waals surface area contributed by atoms with E-state index in [0.717, 1.165) is 4.47 Å². The smallest absolute Gasteiger partial charge is 0.320 e. The van der Waals surface area contributed by atoms with Crippen molar-refractivity contribution in [2.75, 3.05) is 12.3 Å². The maximum atomic E-state index is 11.9. The second-order valence-electron chi connectivity index (χ2n) is 3.79. The Labute approximate surface area is 114 Å². The summed E-state index contributed by atoms with van der Waals surface area (Å²) < 4.78 is 24.6. The second-order valence-corrected chi connectivity index (χ2v) is 6.81. The number of sulfone groups is 1. The summed E-state index contributed by atoms with van der Waals surface area (Å²) in [5, 5.41) is 11.3. The Morgan fingerprint density at radius 3 is 2.44 bits per heavy atom. The minimum Gasteiger partial charge on any atom is -0.480 e. The summed E-state index contributed by atoms with van der Waals surface area (Å²) in [6.07, 6.45) is 0. The van der Waals surface area contributed by atoms with Crippen molar-refractivity contribution < 1.29 is 18.3 Å². The molecule has 0 aliphatic heterocycles. The van der Waals surface area contributed by atoms with Gasteiger partial charge >= 0.3 is 5.97 Å². The zero-order valence-electron chi connectivity index (χ0n) is 9.76. The largest absolute Gasteiger partial charge is 0.480 e. The van der Waals surface area contributed by atoms with Gasteiger partial charge in [-0.05, 0) is 31.2 Å². The van der Waals surface area contributed by atoms with Gasteiger partial charge in [0.05, 0.1) is 10.6 Å². The van der Waals surface area contributed by atoms with Gasteiger partial charge in [-0.1, -0.05) is 15.9 Å². The van der Waals surface area contributed by atoms with Crippen LogP contribution in [0.1, 0.15) is 6.92 Å². The van der Waals surface area contributed by atoms with E-state index >= 15 is 0 Å².